The van der Waals surface area contributed by atoms with Crippen LogP contribution in [-0.4, -0.2) is 36.9 Å². The number of ether oxygens (including phenoxy) is 2. The first kappa shape index (κ1) is 19.9. The summed E-state index contributed by atoms with van der Waals surface area (Å²) in [7, 11) is 3.30. The van der Waals surface area contributed by atoms with E-state index < -0.39 is 0 Å². The SMILES string of the molecule is CCC(CC)C(=O)Nc1ccc(N2CCc3cc(OC)c(OC)cc3C2)nn1. The van der Waals surface area contributed by atoms with E-state index >= 15 is 0 Å². The number of rotatable bonds is 7. The minimum Gasteiger partial charge on any atom is -0.493 e. The van der Waals surface area contributed by atoms with E-state index in [1.165, 1.54) is 11.1 Å². The average molecular weight is 384 g/mol. The number of fused-ring (bicyclic) bond motifs is 1. The molecule has 1 N–H and O–H groups in total. The Hall–Kier alpha value is -2.83. The molecular formula is C21H28N4O3. The second-order valence-electron chi connectivity index (χ2n) is 6.93. The van der Waals surface area contributed by atoms with Gasteiger partial charge in [0, 0.05) is 19.0 Å². The van der Waals surface area contributed by atoms with Crippen LogP contribution in [0.3, 0.4) is 0 Å². The lowest BCUT2D eigenvalue weighted by atomic mass is 9.99. The van der Waals surface area contributed by atoms with Gasteiger partial charge >= 0.3 is 0 Å². The number of amides is 1. The average Bonchev–Trinajstić information content (AvgIpc) is 2.73. The fourth-order valence-electron chi connectivity index (χ4n) is 3.53. The lowest BCUT2D eigenvalue weighted by Crippen LogP contribution is -2.31. The van der Waals surface area contributed by atoms with Crippen molar-refractivity contribution in [3.05, 3.63) is 35.4 Å². The van der Waals surface area contributed by atoms with Crippen molar-refractivity contribution in [1.29, 1.82) is 0 Å². The molecule has 7 heteroatoms. The first-order valence-corrected chi connectivity index (χ1v) is 9.72. The van der Waals surface area contributed by atoms with E-state index in [0.29, 0.717) is 5.82 Å². The summed E-state index contributed by atoms with van der Waals surface area (Å²) in [5.74, 6) is 2.78. The quantitative estimate of drug-likeness (QED) is 0.788. The summed E-state index contributed by atoms with van der Waals surface area (Å²) in [5, 5.41) is 11.4. The molecule has 0 saturated heterocycles. The van der Waals surface area contributed by atoms with Crippen molar-refractivity contribution in [2.75, 3.05) is 31.0 Å². The van der Waals surface area contributed by atoms with Gasteiger partial charge in [-0.2, -0.15) is 0 Å². The van der Waals surface area contributed by atoms with Crippen LogP contribution in [0.2, 0.25) is 0 Å². The number of nitrogens with zero attached hydrogens (tertiary/aromatic N) is 3. The Morgan fingerprint density at radius 2 is 1.79 bits per heavy atom. The molecular weight excluding hydrogens is 356 g/mol. The van der Waals surface area contributed by atoms with Crippen LogP contribution >= 0.6 is 0 Å². The minimum absolute atomic E-state index is 0.00000723. The summed E-state index contributed by atoms with van der Waals surface area (Å²) in [4.78, 5) is 14.4. The summed E-state index contributed by atoms with van der Waals surface area (Å²) in [6, 6.07) is 7.79. The predicted molar refractivity (Wildman–Crippen MR) is 109 cm³/mol. The maximum atomic E-state index is 12.2. The molecule has 1 aliphatic heterocycles. The molecule has 7 nitrogen and oxygen atoms in total. The third kappa shape index (κ3) is 4.18. The topological polar surface area (TPSA) is 76.6 Å². The molecule has 0 bridgehead atoms. The van der Waals surface area contributed by atoms with E-state index in [1.807, 2.05) is 38.1 Å². The van der Waals surface area contributed by atoms with Crippen LogP contribution in [0.1, 0.15) is 37.8 Å². The summed E-state index contributed by atoms with van der Waals surface area (Å²) in [6.45, 7) is 5.60. The van der Waals surface area contributed by atoms with Gasteiger partial charge in [0.1, 0.15) is 0 Å². The van der Waals surface area contributed by atoms with E-state index in [1.54, 1.807) is 14.2 Å². The summed E-state index contributed by atoms with van der Waals surface area (Å²) < 4.78 is 10.8. The zero-order valence-electron chi connectivity index (χ0n) is 17.0. The van der Waals surface area contributed by atoms with Gasteiger partial charge in [0.2, 0.25) is 5.91 Å². The van der Waals surface area contributed by atoms with Crippen molar-refractivity contribution in [1.82, 2.24) is 10.2 Å². The lowest BCUT2D eigenvalue weighted by molar-refractivity contribution is -0.120. The first-order chi connectivity index (χ1) is 13.6. The highest BCUT2D eigenvalue weighted by molar-refractivity contribution is 5.91. The molecule has 0 fully saturated rings. The Morgan fingerprint density at radius 3 is 2.36 bits per heavy atom. The molecule has 0 aliphatic carbocycles. The lowest BCUT2D eigenvalue weighted by Gasteiger charge is -2.30. The van der Waals surface area contributed by atoms with Crippen LogP contribution in [-0.2, 0) is 17.8 Å². The Labute approximate surface area is 166 Å². The van der Waals surface area contributed by atoms with E-state index in [0.717, 1.165) is 49.7 Å². The van der Waals surface area contributed by atoms with Crippen molar-refractivity contribution in [3.63, 3.8) is 0 Å². The minimum atomic E-state index is -0.00000723. The number of methoxy groups -OCH3 is 2. The molecule has 28 heavy (non-hydrogen) atoms. The zero-order chi connectivity index (χ0) is 20.1. The normalized spacial score (nSPS) is 13.2. The van der Waals surface area contributed by atoms with Crippen molar-refractivity contribution in [2.24, 2.45) is 5.92 Å². The molecule has 0 unspecified atom stereocenters. The number of benzene rings is 1. The summed E-state index contributed by atoms with van der Waals surface area (Å²) in [5.41, 5.74) is 2.45. The molecule has 2 aromatic rings. The van der Waals surface area contributed by atoms with E-state index in [2.05, 4.69) is 20.4 Å². The van der Waals surface area contributed by atoms with Crippen molar-refractivity contribution in [3.8, 4) is 11.5 Å². The number of hydrogen-bond donors (Lipinski definition) is 1. The van der Waals surface area contributed by atoms with Crippen molar-refractivity contribution < 1.29 is 14.3 Å². The van der Waals surface area contributed by atoms with Crippen LogP contribution in [0.25, 0.3) is 0 Å². The summed E-state index contributed by atoms with van der Waals surface area (Å²) in [6.07, 6.45) is 2.52. The Kier molecular flexibility index (Phi) is 6.34. The third-order valence-electron chi connectivity index (χ3n) is 5.30. The molecule has 1 aromatic carbocycles. The molecule has 3 rings (SSSR count). The van der Waals surface area contributed by atoms with Gasteiger partial charge in [-0.05, 0) is 54.7 Å². The first-order valence-electron chi connectivity index (χ1n) is 9.72. The van der Waals surface area contributed by atoms with Gasteiger partial charge < -0.3 is 19.7 Å². The highest BCUT2D eigenvalue weighted by Gasteiger charge is 2.21. The van der Waals surface area contributed by atoms with Gasteiger partial charge in [-0.3, -0.25) is 4.79 Å². The van der Waals surface area contributed by atoms with Crippen molar-refractivity contribution >= 4 is 17.5 Å². The Balaban J connectivity index is 1.71. The second-order valence-corrected chi connectivity index (χ2v) is 6.93. The van der Waals surface area contributed by atoms with Crippen LogP contribution in [0.15, 0.2) is 24.3 Å². The van der Waals surface area contributed by atoms with E-state index in [4.69, 9.17) is 9.47 Å². The Morgan fingerprint density at radius 1 is 1.11 bits per heavy atom. The third-order valence-corrected chi connectivity index (χ3v) is 5.30. The van der Waals surface area contributed by atoms with Gasteiger partial charge in [0.25, 0.3) is 0 Å². The number of aromatic nitrogens is 2. The van der Waals surface area contributed by atoms with Gasteiger partial charge in [-0.15, -0.1) is 10.2 Å². The summed E-state index contributed by atoms with van der Waals surface area (Å²) >= 11 is 0. The second kappa shape index (κ2) is 8.91. The molecule has 1 amide bonds. The molecule has 150 valence electrons. The molecule has 0 spiro atoms. The van der Waals surface area contributed by atoms with Crippen LogP contribution < -0.4 is 19.7 Å². The maximum absolute atomic E-state index is 12.2. The van der Waals surface area contributed by atoms with Gasteiger partial charge in [0.05, 0.1) is 14.2 Å². The standard InChI is InChI=1S/C21H28N4O3/c1-5-14(6-2)21(26)22-19-7-8-20(24-23-19)25-10-9-15-11-17(27-3)18(28-4)12-16(15)13-25/h7-8,11-12,14H,5-6,9-10,13H2,1-4H3,(H,22,23,26). The predicted octanol–water partition coefficient (Wildman–Crippen LogP) is 3.43. The highest BCUT2D eigenvalue weighted by Crippen LogP contribution is 2.34. The molecule has 0 atom stereocenters. The van der Waals surface area contributed by atoms with E-state index in [9.17, 15) is 4.79 Å². The number of hydrogen-bond acceptors (Lipinski definition) is 6. The Bertz CT molecular complexity index is 819. The maximum Gasteiger partial charge on any atom is 0.228 e. The number of nitrogens with one attached hydrogen (secondary N) is 1. The largest absolute Gasteiger partial charge is 0.493 e. The van der Waals surface area contributed by atoms with Gasteiger partial charge in [-0.25, -0.2) is 0 Å². The van der Waals surface area contributed by atoms with Crippen LogP contribution in [0, 0.1) is 5.92 Å². The van der Waals surface area contributed by atoms with Gasteiger partial charge in [-0.1, -0.05) is 13.8 Å². The fraction of sp³-hybridized carbons (Fsp3) is 0.476. The number of carbonyl (C=O) groups is 1. The fourth-order valence-corrected chi connectivity index (χ4v) is 3.53. The number of carbonyl (C=O) groups excluding carboxylic acids is 1. The molecule has 0 saturated carbocycles. The molecule has 2 heterocycles. The molecule has 1 aromatic heterocycles. The van der Waals surface area contributed by atoms with Crippen LogP contribution in [0.4, 0.5) is 11.6 Å². The molecule has 0 radical (unpaired) electrons. The van der Waals surface area contributed by atoms with Crippen LogP contribution in [0.5, 0.6) is 11.5 Å². The van der Waals surface area contributed by atoms with Gasteiger partial charge in [0.15, 0.2) is 23.1 Å². The highest BCUT2D eigenvalue weighted by atomic mass is 16.5. The van der Waals surface area contributed by atoms with E-state index in [-0.39, 0.29) is 11.8 Å². The molecule has 1 aliphatic rings. The zero-order valence-corrected chi connectivity index (χ0v) is 17.0. The smallest absolute Gasteiger partial charge is 0.228 e. The monoisotopic (exact) mass is 384 g/mol. The number of anilines is 2. The van der Waals surface area contributed by atoms with Crippen molar-refractivity contribution in [2.45, 2.75) is 39.7 Å².